The summed E-state index contributed by atoms with van der Waals surface area (Å²) < 4.78 is 5.51. The lowest BCUT2D eigenvalue weighted by Crippen LogP contribution is -2.10. The first kappa shape index (κ1) is 15.4. The molecule has 3 rings (SSSR count). The summed E-state index contributed by atoms with van der Waals surface area (Å²) in [5.41, 5.74) is 1.35. The van der Waals surface area contributed by atoms with Gasteiger partial charge in [0.05, 0.1) is 0 Å². The molecule has 3 aromatic rings. The molecule has 0 fully saturated rings. The quantitative estimate of drug-likeness (QED) is 0.743. The average molecular weight is 328 g/mol. The number of fused-ring (bicyclic) bond motifs is 1. The third-order valence-corrected chi connectivity index (χ3v) is 4.25. The van der Waals surface area contributed by atoms with Crippen molar-refractivity contribution in [3.05, 3.63) is 41.2 Å². The number of amides is 1. The SMILES string of the molecule is CC(C)(C)c1nnc(NC(=O)/C=C/c2nc3ccccc3o2)s1. The van der Waals surface area contributed by atoms with Gasteiger partial charge in [-0.05, 0) is 12.1 Å². The van der Waals surface area contributed by atoms with Crippen LogP contribution in [0, 0.1) is 0 Å². The van der Waals surface area contributed by atoms with Crippen LogP contribution in [0.1, 0.15) is 31.7 Å². The third-order valence-electron chi connectivity index (χ3n) is 2.98. The number of nitrogens with zero attached hydrogens (tertiary/aromatic N) is 3. The molecular weight excluding hydrogens is 312 g/mol. The first-order valence-corrected chi connectivity index (χ1v) is 7.92. The maximum absolute atomic E-state index is 11.9. The second-order valence-corrected chi connectivity index (χ2v) is 6.98. The van der Waals surface area contributed by atoms with Crippen molar-refractivity contribution in [2.75, 3.05) is 5.32 Å². The molecule has 0 atom stereocenters. The molecule has 2 heterocycles. The van der Waals surface area contributed by atoms with Crippen LogP contribution in [0.5, 0.6) is 0 Å². The largest absolute Gasteiger partial charge is 0.437 e. The Balaban J connectivity index is 1.68. The molecule has 1 aromatic carbocycles. The second kappa shape index (κ2) is 5.92. The maximum Gasteiger partial charge on any atom is 0.250 e. The number of oxazole rings is 1. The fourth-order valence-corrected chi connectivity index (χ4v) is 2.64. The maximum atomic E-state index is 11.9. The lowest BCUT2D eigenvalue weighted by Gasteiger charge is -2.12. The van der Waals surface area contributed by atoms with E-state index in [0.717, 1.165) is 10.5 Å². The van der Waals surface area contributed by atoms with Crippen molar-refractivity contribution in [3.63, 3.8) is 0 Å². The number of carbonyl (C=O) groups is 1. The van der Waals surface area contributed by atoms with Crippen LogP contribution in [-0.4, -0.2) is 21.1 Å². The minimum absolute atomic E-state index is 0.0886. The van der Waals surface area contributed by atoms with Gasteiger partial charge < -0.3 is 4.42 Å². The monoisotopic (exact) mass is 328 g/mol. The van der Waals surface area contributed by atoms with E-state index in [1.165, 1.54) is 23.5 Å². The fraction of sp³-hybridized carbons (Fsp3) is 0.250. The Morgan fingerprint density at radius 3 is 2.74 bits per heavy atom. The highest BCUT2D eigenvalue weighted by atomic mass is 32.1. The summed E-state index contributed by atoms with van der Waals surface area (Å²) in [7, 11) is 0. The van der Waals surface area contributed by atoms with Crippen LogP contribution < -0.4 is 5.32 Å². The van der Waals surface area contributed by atoms with E-state index in [9.17, 15) is 4.79 Å². The number of hydrogen-bond acceptors (Lipinski definition) is 6. The van der Waals surface area contributed by atoms with Crippen LogP contribution in [-0.2, 0) is 10.2 Å². The molecule has 0 aliphatic rings. The molecule has 2 aromatic heterocycles. The lowest BCUT2D eigenvalue weighted by molar-refractivity contribution is -0.111. The van der Waals surface area contributed by atoms with Gasteiger partial charge in [-0.1, -0.05) is 44.2 Å². The molecule has 118 valence electrons. The first-order valence-electron chi connectivity index (χ1n) is 7.10. The molecule has 23 heavy (non-hydrogen) atoms. The molecule has 7 heteroatoms. The van der Waals surface area contributed by atoms with Gasteiger partial charge in [0, 0.05) is 17.6 Å². The van der Waals surface area contributed by atoms with E-state index in [2.05, 4.69) is 20.5 Å². The van der Waals surface area contributed by atoms with Crippen molar-refractivity contribution < 1.29 is 9.21 Å². The van der Waals surface area contributed by atoms with Crippen LogP contribution in [0.4, 0.5) is 5.13 Å². The van der Waals surface area contributed by atoms with Crippen molar-refractivity contribution in [1.82, 2.24) is 15.2 Å². The van der Waals surface area contributed by atoms with Crippen molar-refractivity contribution in [2.24, 2.45) is 0 Å². The van der Waals surface area contributed by atoms with Gasteiger partial charge in [0.15, 0.2) is 5.58 Å². The van der Waals surface area contributed by atoms with Gasteiger partial charge in [0.2, 0.25) is 16.9 Å². The van der Waals surface area contributed by atoms with Gasteiger partial charge >= 0.3 is 0 Å². The van der Waals surface area contributed by atoms with Crippen LogP contribution in [0.2, 0.25) is 0 Å². The van der Waals surface area contributed by atoms with Crippen LogP contribution >= 0.6 is 11.3 Å². The third kappa shape index (κ3) is 3.62. The van der Waals surface area contributed by atoms with Crippen LogP contribution in [0.3, 0.4) is 0 Å². The Morgan fingerprint density at radius 1 is 1.26 bits per heavy atom. The fourth-order valence-electron chi connectivity index (χ4n) is 1.83. The highest BCUT2D eigenvalue weighted by Gasteiger charge is 2.19. The number of nitrogens with one attached hydrogen (secondary N) is 1. The van der Waals surface area contributed by atoms with Crippen molar-refractivity contribution in [2.45, 2.75) is 26.2 Å². The topological polar surface area (TPSA) is 80.9 Å². The number of hydrogen-bond donors (Lipinski definition) is 1. The molecule has 0 unspecified atom stereocenters. The Kier molecular flexibility index (Phi) is 3.96. The van der Waals surface area contributed by atoms with Gasteiger partial charge in [0.1, 0.15) is 10.5 Å². The number of para-hydroxylation sites is 2. The Morgan fingerprint density at radius 2 is 2.04 bits per heavy atom. The van der Waals surface area contributed by atoms with E-state index >= 15 is 0 Å². The van der Waals surface area contributed by atoms with Crippen LogP contribution in [0.25, 0.3) is 17.2 Å². The molecule has 0 radical (unpaired) electrons. The average Bonchev–Trinajstić information content (AvgIpc) is 3.10. The minimum atomic E-state index is -0.302. The number of carbonyl (C=O) groups excluding carboxylic acids is 1. The molecule has 0 spiro atoms. The van der Waals surface area contributed by atoms with Crippen molar-refractivity contribution >= 4 is 39.6 Å². The molecule has 1 N–H and O–H groups in total. The Labute approximate surface area is 137 Å². The second-order valence-electron chi connectivity index (χ2n) is 6.00. The molecule has 0 aliphatic carbocycles. The molecule has 0 aliphatic heterocycles. The van der Waals surface area contributed by atoms with Gasteiger partial charge in [-0.3, -0.25) is 10.1 Å². The van der Waals surface area contributed by atoms with E-state index in [1.807, 2.05) is 45.0 Å². The summed E-state index contributed by atoms with van der Waals surface area (Å²) in [6, 6.07) is 7.43. The highest BCUT2D eigenvalue weighted by Crippen LogP contribution is 2.27. The van der Waals surface area contributed by atoms with E-state index in [4.69, 9.17) is 4.42 Å². The standard InChI is InChI=1S/C16H16N4O2S/c1-16(2,3)14-19-20-15(23-14)18-12(21)8-9-13-17-10-6-4-5-7-11(10)22-13/h4-9H,1-3H3,(H,18,20,21)/b9-8+. The smallest absolute Gasteiger partial charge is 0.250 e. The number of rotatable bonds is 3. The molecular formula is C16H16N4O2S. The molecule has 0 bridgehead atoms. The molecule has 6 nitrogen and oxygen atoms in total. The van der Waals surface area contributed by atoms with Gasteiger partial charge in [-0.2, -0.15) is 0 Å². The minimum Gasteiger partial charge on any atom is -0.437 e. The number of aromatic nitrogens is 3. The van der Waals surface area contributed by atoms with Crippen molar-refractivity contribution in [1.29, 1.82) is 0 Å². The molecule has 0 saturated heterocycles. The van der Waals surface area contributed by atoms with E-state index in [1.54, 1.807) is 0 Å². The Bertz CT molecular complexity index is 840. The lowest BCUT2D eigenvalue weighted by atomic mass is 9.98. The zero-order valence-electron chi connectivity index (χ0n) is 13.0. The first-order chi connectivity index (χ1) is 10.9. The molecule has 1 amide bonds. The summed E-state index contributed by atoms with van der Waals surface area (Å²) in [4.78, 5) is 16.2. The van der Waals surface area contributed by atoms with Gasteiger partial charge in [-0.15, -0.1) is 10.2 Å². The predicted octanol–water partition coefficient (Wildman–Crippen LogP) is 3.63. The Hall–Kier alpha value is -2.54. The number of benzene rings is 1. The van der Waals surface area contributed by atoms with E-state index in [-0.39, 0.29) is 11.3 Å². The summed E-state index contributed by atoms with van der Waals surface area (Å²) in [5.74, 6) is 0.0814. The predicted molar refractivity (Wildman–Crippen MR) is 90.3 cm³/mol. The van der Waals surface area contributed by atoms with E-state index < -0.39 is 0 Å². The van der Waals surface area contributed by atoms with Crippen molar-refractivity contribution in [3.8, 4) is 0 Å². The van der Waals surface area contributed by atoms with E-state index in [0.29, 0.717) is 16.6 Å². The summed E-state index contributed by atoms with van der Waals surface area (Å²) in [6.45, 7) is 6.14. The van der Waals surface area contributed by atoms with Gasteiger partial charge in [0.25, 0.3) is 0 Å². The number of anilines is 1. The zero-order chi connectivity index (χ0) is 16.4. The summed E-state index contributed by atoms with van der Waals surface area (Å²) in [5, 5.41) is 12.1. The normalized spacial score (nSPS) is 12.1. The molecule has 0 saturated carbocycles. The summed E-state index contributed by atoms with van der Waals surface area (Å²) in [6.07, 6.45) is 2.89. The highest BCUT2D eigenvalue weighted by molar-refractivity contribution is 7.15. The summed E-state index contributed by atoms with van der Waals surface area (Å²) >= 11 is 1.37. The zero-order valence-corrected chi connectivity index (χ0v) is 13.8. The van der Waals surface area contributed by atoms with Crippen LogP contribution in [0.15, 0.2) is 34.8 Å². The van der Waals surface area contributed by atoms with Gasteiger partial charge in [-0.25, -0.2) is 4.98 Å².